The van der Waals surface area contributed by atoms with Crippen LogP contribution in [0.3, 0.4) is 0 Å². The van der Waals surface area contributed by atoms with Gasteiger partial charge in [-0.3, -0.25) is 0 Å². The lowest BCUT2D eigenvalue weighted by atomic mass is 10.3. The summed E-state index contributed by atoms with van der Waals surface area (Å²) in [7, 11) is -3.29. The summed E-state index contributed by atoms with van der Waals surface area (Å²) in [4.78, 5) is 2.45. The Morgan fingerprint density at radius 2 is 2.05 bits per heavy atom. The van der Waals surface area contributed by atoms with Crippen LogP contribution in [-0.2, 0) is 9.84 Å². The van der Waals surface area contributed by atoms with Crippen LogP contribution in [0.1, 0.15) is 12.8 Å². The normalized spacial score (nSPS) is 20.5. The molecule has 1 aromatic carbocycles. The highest BCUT2D eigenvalue weighted by molar-refractivity contribution is 7.92. The first-order chi connectivity index (χ1) is 9.04. The van der Waals surface area contributed by atoms with Gasteiger partial charge >= 0.3 is 0 Å². The van der Waals surface area contributed by atoms with Crippen molar-refractivity contribution in [1.29, 1.82) is 0 Å². The molecule has 5 heteroatoms. The standard InChI is InChI=1S/C14H19NO3S/c1-2-3-9-15-10-8-14(11-15)19(17,18)13-6-4-12(16)5-7-13/h2,4-7,14,16H,1,3,8-11H2. The second-order valence-corrected chi connectivity index (χ2v) is 7.06. The minimum atomic E-state index is -3.29. The van der Waals surface area contributed by atoms with Crippen LogP contribution in [0.25, 0.3) is 0 Å². The van der Waals surface area contributed by atoms with Gasteiger partial charge in [0.15, 0.2) is 9.84 Å². The van der Waals surface area contributed by atoms with E-state index in [9.17, 15) is 13.5 Å². The Hall–Kier alpha value is -1.33. The van der Waals surface area contributed by atoms with E-state index >= 15 is 0 Å². The first-order valence-corrected chi connectivity index (χ1v) is 7.95. The number of nitrogens with zero attached hydrogens (tertiary/aromatic N) is 1. The zero-order valence-corrected chi connectivity index (χ0v) is 11.6. The number of phenols is 1. The molecule has 1 saturated heterocycles. The average molecular weight is 281 g/mol. The van der Waals surface area contributed by atoms with Crippen molar-refractivity contribution in [2.75, 3.05) is 19.6 Å². The fraction of sp³-hybridized carbons (Fsp3) is 0.429. The van der Waals surface area contributed by atoms with E-state index in [2.05, 4.69) is 11.5 Å². The Morgan fingerprint density at radius 1 is 1.37 bits per heavy atom. The number of hydrogen-bond acceptors (Lipinski definition) is 4. The molecule has 1 aromatic rings. The van der Waals surface area contributed by atoms with Gasteiger partial charge in [-0.1, -0.05) is 6.08 Å². The van der Waals surface area contributed by atoms with Crippen molar-refractivity contribution in [2.24, 2.45) is 0 Å². The Bertz CT molecular complexity index is 536. The lowest BCUT2D eigenvalue weighted by Crippen LogP contribution is -2.27. The van der Waals surface area contributed by atoms with E-state index < -0.39 is 9.84 Å². The summed E-state index contributed by atoms with van der Waals surface area (Å²) in [6, 6.07) is 5.77. The minimum absolute atomic E-state index is 0.0815. The van der Waals surface area contributed by atoms with Gasteiger partial charge < -0.3 is 10.0 Å². The molecule has 4 nitrogen and oxygen atoms in total. The fourth-order valence-corrected chi connectivity index (χ4v) is 4.08. The van der Waals surface area contributed by atoms with Gasteiger partial charge in [-0.05, 0) is 43.7 Å². The molecule has 1 fully saturated rings. The first kappa shape index (κ1) is 14.1. The quantitative estimate of drug-likeness (QED) is 0.836. The molecule has 0 aromatic heterocycles. The Morgan fingerprint density at radius 3 is 2.68 bits per heavy atom. The van der Waals surface area contributed by atoms with Crippen LogP contribution in [0.4, 0.5) is 0 Å². The van der Waals surface area contributed by atoms with E-state index in [0.29, 0.717) is 17.9 Å². The summed E-state index contributed by atoms with van der Waals surface area (Å²) >= 11 is 0. The number of phenolic OH excluding ortho intramolecular Hbond substituents is 1. The SMILES string of the molecule is C=CCCN1CCC(S(=O)(=O)c2ccc(O)cc2)C1. The molecule has 0 radical (unpaired) electrons. The third-order valence-electron chi connectivity index (χ3n) is 3.48. The maximum atomic E-state index is 12.4. The van der Waals surface area contributed by atoms with Crippen molar-refractivity contribution in [3.63, 3.8) is 0 Å². The summed E-state index contributed by atoms with van der Waals surface area (Å²) in [6.07, 6.45) is 3.40. The molecular weight excluding hydrogens is 262 g/mol. The largest absolute Gasteiger partial charge is 0.508 e. The third kappa shape index (κ3) is 3.16. The van der Waals surface area contributed by atoms with Gasteiger partial charge in [0.05, 0.1) is 10.1 Å². The maximum absolute atomic E-state index is 12.4. The van der Waals surface area contributed by atoms with E-state index in [4.69, 9.17) is 0 Å². The third-order valence-corrected chi connectivity index (χ3v) is 5.67. The second kappa shape index (κ2) is 5.75. The number of rotatable bonds is 5. The number of likely N-dealkylation sites (tertiary alicyclic amines) is 1. The van der Waals surface area contributed by atoms with Gasteiger partial charge in [0.2, 0.25) is 0 Å². The van der Waals surface area contributed by atoms with Crippen LogP contribution in [0.5, 0.6) is 5.75 Å². The molecule has 1 heterocycles. The zero-order valence-electron chi connectivity index (χ0n) is 10.8. The lowest BCUT2D eigenvalue weighted by molar-refractivity contribution is 0.346. The molecule has 1 atom stereocenters. The van der Waals surface area contributed by atoms with Crippen molar-refractivity contribution in [3.8, 4) is 5.75 Å². The summed E-state index contributed by atoms with van der Waals surface area (Å²) in [5.41, 5.74) is 0. The van der Waals surface area contributed by atoms with Crippen LogP contribution < -0.4 is 0 Å². The van der Waals surface area contributed by atoms with Crippen molar-refractivity contribution in [1.82, 2.24) is 4.90 Å². The zero-order chi connectivity index (χ0) is 13.9. The molecule has 1 N–H and O–H groups in total. The Labute approximate surface area is 114 Å². The van der Waals surface area contributed by atoms with E-state index in [1.54, 1.807) is 0 Å². The molecule has 0 bridgehead atoms. The minimum Gasteiger partial charge on any atom is -0.508 e. The van der Waals surface area contributed by atoms with Gasteiger partial charge in [-0.25, -0.2) is 8.42 Å². The van der Waals surface area contributed by atoms with Crippen molar-refractivity contribution >= 4 is 9.84 Å². The van der Waals surface area contributed by atoms with Crippen LogP contribution in [-0.4, -0.2) is 43.3 Å². The number of aromatic hydroxyl groups is 1. The highest BCUT2D eigenvalue weighted by Crippen LogP contribution is 2.25. The van der Waals surface area contributed by atoms with Crippen molar-refractivity contribution in [2.45, 2.75) is 23.0 Å². The topological polar surface area (TPSA) is 57.6 Å². The predicted octanol–water partition coefficient (Wildman–Crippen LogP) is 1.82. The number of sulfone groups is 1. The number of hydrogen-bond donors (Lipinski definition) is 1. The maximum Gasteiger partial charge on any atom is 0.182 e. The summed E-state index contributed by atoms with van der Waals surface area (Å²) in [5, 5.41) is 8.87. The Kier molecular flexibility index (Phi) is 4.27. The van der Waals surface area contributed by atoms with E-state index in [-0.39, 0.29) is 11.0 Å². The summed E-state index contributed by atoms with van der Waals surface area (Å²) in [5.74, 6) is 0.0815. The van der Waals surface area contributed by atoms with Gasteiger partial charge in [0, 0.05) is 13.1 Å². The fourth-order valence-electron chi connectivity index (χ4n) is 2.36. The molecule has 2 rings (SSSR count). The smallest absolute Gasteiger partial charge is 0.182 e. The van der Waals surface area contributed by atoms with E-state index in [0.717, 1.165) is 19.5 Å². The van der Waals surface area contributed by atoms with E-state index in [1.165, 1.54) is 24.3 Å². The first-order valence-electron chi connectivity index (χ1n) is 6.40. The van der Waals surface area contributed by atoms with Crippen LogP contribution >= 0.6 is 0 Å². The Balaban J connectivity index is 2.09. The summed E-state index contributed by atoms with van der Waals surface area (Å²) in [6.45, 7) is 5.94. The highest BCUT2D eigenvalue weighted by Gasteiger charge is 2.33. The van der Waals surface area contributed by atoms with Crippen LogP contribution in [0, 0.1) is 0 Å². The van der Waals surface area contributed by atoms with Crippen molar-refractivity contribution < 1.29 is 13.5 Å². The molecule has 19 heavy (non-hydrogen) atoms. The molecule has 0 aliphatic carbocycles. The van der Waals surface area contributed by atoms with Gasteiger partial charge in [-0.15, -0.1) is 6.58 Å². The molecule has 1 unspecified atom stereocenters. The average Bonchev–Trinajstić information content (AvgIpc) is 2.86. The van der Waals surface area contributed by atoms with Gasteiger partial charge in [0.25, 0.3) is 0 Å². The van der Waals surface area contributed by atoms with Crippen molar-refractivity contribution in [3.05, 3.63) is 36.9 Å². The van der Waals surface area contributed by atoms with E-state index in [1.807, 2.05) is 6.08 Å². The second-order valence-electron chi connectivity index (χ2n) is 4.83. The lowest BCUT2D eigenvalue weighted by Gasteiger charge is -2.15. The number of benzene rings is 1. The monoisotopic (exact) mass is 281 g/mol. The van der Waals surface area contributed by atoms with Gasteiger partial charge in [0.1, 0.15) is 5.75 Å². The molecule has 104 valence electrons. The molecule has 0 amide bonds. The summed E-state index contributed by atoms with van der Waals surface area (Å²) < 4.78 is 24.9. The van der Waals surface area contributed by atoms with Crippen LogP contribution in [0.2, 0.25) is 0 Å². The molecule has 0 saturated carbocycles. The molecule has 1 aliphatic heterocycles. The molecule has 1 aliphatic rings. The predicted molar refractivity (Wildman–Crippen MR) is 75.0 cm³/mol. The highest BCUT2D eigenvalue weighted by atomic mass is 32.2. The molecular formula is C14H19NO3S. The molecule has 0 spiro atoms. The van der Waals surface area contributed by atoms with Gasteiger partial charge in [-0.2, -0.15) is 0 Å². The van der Waals surface area contributed by atoms with Crippen LogP contribution in [0.15, 0.2) is 41.8 Å².